The molecule has 3 heteroatoms. The lowest BCUT2D eigenvalue weighted by atomic mass is 10.1. The van der Waals surface area contributed by atoms with Crippen molar-refractivity contribution in [3.63, 3.8) is 0 Å². The van der Waals surface area contributed by atoms with Crippen LogP contribution in [0.4, 0.5) is 0 Å². The van der Waals surface area contributed by atoms with Crippen molar-refractivity contribution < 1.29 is 14.6 Å². The number of aliphatic hydroxyl groups excluding tert-OH is 1. The van der Waals surface area contributed by atoms with Gasteiger partial charge in [-0.2, -0.15) is 0 Å². The summed E-state index contributed by atoms with van der Waals surface area (Å²) in [4.78, 5) is 11.0. The van der Waals surface area contributed by atoms with Crippen molar-refractivity contribution in [2.75, 3.05) is 0 Å². The van der Waals surface area contributed by atoms with E-state index in [4.69, 9.17) is 9.84 Å². The zero-order valence-electron chi connectivity index (χ0n) is 6.41. The molecule has 0 bridgehead atoms. The van der Waals surface area contributed by atoms with E-state index < -0.39 is 0 Å². The Balaban J connectivity index is 2.48. The highest BCUT2D eigenvalue weighted by atomic mass is 16.5. The number of esters is 1. The molecule has 0 atom stereocenters. The predicted molar refractivity (Wildman–Crippen MR) is 41.5 cm³/mol. The van der Waals surface area contributed by atoms with Crippen molar-refractivity contribution in [1.29, 1.82) is 0 Å². The van der Waals surface area contributed by atoms with Gasteiger partial charge in [-0.05, 0) is 17.7 Å². The Hall–Kier alpha value is -1.35. The van der Waals surface area contributed by atoms with Gasteiger partial charge in [-0.15, -0.1) is 0 Å². The van der Waals surface area contributed by atoms with Gasteiger partial charge in [0.05, 0.1) is 12.2 Å². The fourth-order valence-electron chi connectivity index (χ4n) is 1.29. The summed E-state index contributed by atoms with van der Waals surface area (Å²) in [7, 11) is 0. The number of hydrogen-bond acceptors (Lipinski definition) is 3. The van der Waals surface area contributed by atoms with Crippen LogP contribution >= 0.6 is 0 Å². The topological polar surface area (TPSA) is 46.5 Å². The molecule has 1 aromatic rings. The summed E-state index contributed by atoms with van der Waals surface area (Å²) in [5.74, 6) is -0.269. The Morgan fingerprint density at radius 1 is 1.50 bits per heavy atom. The molecule has 3 nitrogen and oxygen atoms in total. The van der Waals surface area contributed by atoms with E-state index >= 15 is 0 Å². The summed E-state index contributed by atoms with van der Waals surface area (Å²) in [6, 6.07) is 5.21. The second-order valence-electron chi connectivity index (χ2n) is 2.73. The minimum absolute atomic E-state index is 0.00146. The van der Waals surface area contributed by atoms with Crippen molar-refractivity contribution in [1.82, 2.24) is 0 Å². The van der Waals surface area contributed by atoms with Crippen molar-refractivity contribution in [3.05, 3.63) is 34.9 Å². The van der Waals surface area contributed by atoms with Crippen LogP contribution in [0.5, 0.6) is 0 Å². The summed E-state index contributed by atoms with van der Waals surface area (Å²) in [6.07, 6.45) is 0. The Morgan fingerprint density at radius 3 is 3.08 bits per heavy atom. The maximum Gasteiger partial charge on any atom is 0.338 e. The smallest absolute Gasteiger partial charge is 0.338 e. The van der Waals surface area contributed by atoms with Crippen LogP contribution in [-0.2, 0) is 18.0 Å². The number of cyclic esters (lactones) is 1. The van der Waals surface area contributed by atoms with E-state index in [0.717, 1.165) is 11.1 Å². The quantitative estimate of drug-likeness (QED) is 0.626. The van der Waals surface area contributed by atoms with Crippen molar-refractivity contribution in [2.24, 2.45) is 0 Å². The first-order valence-corrected chi connectivity index (χ1v) is 3.71. The highest BCUT2D eigenvalue weighted by Gasteiger charge is 2.20. The summed E-state index contributed by atoms with van der Waals surface area (Å²) < 4.78 is 4.80. The first-order valence-electron chi connectivity index (χ1n) is 3.71. The van der Waals surface area contributed by atoms with Gasteiger partial charge in [-0.1, -0.05) is 6.07 Å². The summed E-state index contributed by atoms with van der Waals surface area (Å²) >= 11 is 0. The third-order valence-electron chi connectivity index (χ3n) is 1.93. The molecule has 0 unspecified atom stereocenters. The average Bonchev–Trinajstić information content (AvgIpc) is 2.47. The number of hydrogen-bond donors (Lipinski definition) is 1. The third-order valence-corrected chi connectivity index (χ3v) is 1.93. The molecule has 2 rings (SSSR count). The van der Waals surface area contributed by atoms with Gasteiger partial charge in [0.15, 0.2) is 0 Å². The van der Waals surface area contributed by atoms with Gasteiger partial charge in [0.1, 0.15) is 6.61 Å². The lowest BCUT2D eigenvalue weighted by molar-refractivity contribution is 0.0535. The van der Waals surface area contributed by atoms with Gasteiger partial charge in [0, 0.05) is 5.56 Å². The van der Waals surface area contributed by atoms with E-state index in [1.807, 2.05) is 0 Å². The summed E-state index contributed by atoms with van der Waals surface area (Å²) in [5.41, 5.74) is 2.30. The highest BCUT2D eigenvalue weighted by Crippen LogP contribution is 2.20. The maximum atomic E-state index is 11.0. The van der Waals surface area contributed by atoms with Gasteiger partial charge in [0.25, 0.3) is 0 Å². The van der Waals surface area contributed by atoms with Crippen LogP contribution < -0.4 is 0 Å². The monoisotopic (exact) mass is 164 g/mol. The molecular weight excluding hydrogens is 156 g/mol. The molecule has 62 valence electrons. The Bertz CT molecular complexity index is 331. The first kappa shape index (κ1) is 7.31. The Kier molecular flexibility index (Phi) is 1.59. The van der Waals surface area contributed by atoms with E-state index in [1.165, 1.54) is 0 Å². The second kappa shape index (κ2) is 2.60. The Morgan fingerprint density at radius 2 is 2.33 bits per heavy atom. The first-order chi connectivity index (χ1) is 5.81. The van der Waals surface area contributed by atoms with Crippen LogP contribution in [-0.4, -0.2) is 11.1 Å². The minimum Gasteiger partial charge on any atom is -0.457 e. The molecule has 1 aliphatic heterocycles. The standard InChI is InChI=1S/C9H8O3/c10-4-6-1-2-8-7(3-6)5-12-9(8)11/h1-3,10H,4-5H2. The lowest BCUT2D eigenvalue weighted by Crippen LogP contribution is -1.93. The number of carbonyl (C=O) groups excluding carboxylic acids is 1. The molecule has 0 aromatic heterocycles. The van der Waals surface area contributed by atoms with Gasteiger partial charge in [0.2, 0.25) is 0 Å². The molecule has 0 saturated heterocycles. The SMILES string of the molecule is O=C1OCc2cc(CO)ccc21. The number of rotatable bonds is 1. The van der Waals surface area contributed by atoms with Crippen molar-refractivity contribution in [3.8, 4) is 0 Å². The third kappa shape index (κ3) is 0.987. The van der Waals surface area contributed by atoms with Crippen LogP contribution in [0.3, 0.4) is 0 Å². The lowest BCUT2D eigenvalue weighted by Gasteiger charge is -1.97. The predicted octanol–water partition coefficient (Wildman–Crippen LogP) is 0.849. The molecule has 1 N–H and O–H groups in total. The number of carbonyl (C=O) groups is 1. The van der Waals surface area contributed by atoms with Crippen molar-refractivity contribution >= 4 is 5.97 Å². The molecule has 1 aliphatic rings. The Labute approximate surface area is 69.6 Å². The van der Waals surface area contributed by atoms with E-state index in [1.54, 1.807) is 18.2 Å². The molecule has 0 saturated carbocycles. The fourth-order valence-corrected chi connectivity index (χ4v) is 1.29. The van der Waals surface area contributed by atoms with Crippen LogP contribution in [0.2, 0.25) is 0 Å². The van der Waals surface area contributed by atoms with Crippen molar-refractivity contribution in [2.45, 2.75) is 13.2 Å². The van der Waals surface area contributed by atoms with Crippen LogP contribution in [0, 0.1) is 0 Å². The molecule has 0 radical (unpaired) electrons. The highest BCUT2D eigenvalue weighted by molar-refractivity contribution is 5.93. The molecular formula is C9H8O3. The fraction of sp³-hybridized carbons (Fsp3) is 0.222. The second-order valence-corrected chi connectivity index (χ2v) is 2.73. The molecule has 0 spiro atoms. The average molecular weight is 164 g/mol. The number of aliphatic hydroxyl groups is 1. The van der Waals surface area contributed by atoms with E-state index in [9.17, 15) is 4.79 Å². The largest absolute Gasteiger partial charge is 0.457 e. The van der Waals surface area contributed by atoms with Crippen LogP contribution in [0.1, 0.15) is 21.5 Å². The molecule has 0 fully saturated rings. The summed E-state index contributed by atoms with van der Waals surface area (Å²) in [5, 5.41) is 8.81. The molecule has 1 aromatic carbocycles. The van der Waals surface area contributed by atoms with E-state index in [-0.39, 0.29) is 12.6 Å². The summed E-state index contributed by atoms with van der Waals surface area (Å²) in [6.45, 7) is 0.337. The maximum absolute atomic E-state index is 11.0. The number of ether oxygens (including phenoxy) is 1. The normalized spacial score (nSPS) is 14.2. The molecule has 0 aliphatic carbocycles. The van der Waals surface area contributed by atoms with E-state index in [2.05, 4.69) is 0 Å². The number of benzene rings is 1. The zero-order chi connectivity index (χ0) is 8.55. The minimum atomic E-state index is -0.269. The van der Waals surface area contributed by atoms with Gasteiger partial charge >= 0.3 is 5.97 Å². The van der Waals surface area contributed by atoms with Crippen LogP contribution in [0.15, 0.2) is 18.2 Å². The molecule has 1 heterocycles. The van der Waals surface area contributed by atoms with Crippen LogP contribution in [0.25, 0.3) is 0 Å². The molecule has 0 amide bonds. The molecule has 12 heavy (non-hydrogen) atoms. The van der Waals surface area contributed by atoms with E-state index in [0.29, 0.717) is 12.2 Å². The number of fused-ring (bicyclic) bond motifs is 1. The van der Waals surface area contributed by atoms with Gasteiger partial charge < -0.3 is 9.84 Å². The zero-order valence-corrected chi connectivity index (χ0v) is 6.41. The van der Waals surface area contributed by atoms with Gasteiger partial charge in [-0.25, -0.2) is 4.79 Å². The van der Waals surface area contributed by atoms with Gasteiger partial charge in [-0.3, -0.25) is 0 Å².